The fourth-order valence-corrected chi connectivity index (χ4v) is 1.95. The van der Waals surface area contributed by atoms with Crippen molar-refractivity contribution in [2.24, 2.45) is 0 Å². The van der Waals surface area contributed by atoms with E-state index in [1.165, 1.54) is 0 Å². The Morgan fingerprint density at radius 2 is 1.89 bits per heavy atom. The first kappa shape index (κ1) is 10.7. The number of fused-ring (bicyclic) bond motifs is 1. The van der Waals surface area contributed by atoms with Crippen molar-refractivity contribution in [3.8, 4) is 5.69 Å². The SMILES string of the molecule is CN(C)c1ccccc1-n1nnc2cccnc21. The van der Waals surface area contributed by atoms with Gasteiger partial charge in [-0.1, -0.05) is 17.3 Å². The second kappa shape index (κ2) is 4.10. The van der Waals surface area contributed by atoms with Crippen LogP contribution in [-0.2, 0) is 0 Å². The molecule has 0 aliphatic carbocycles. The van der Waals surface area contributed by atoms with Crippen molar-refractivity contribution < 1.29 is 0 Å². The molecule has 90 valence electrons. The molecule has 18 heavy (non-hydrogen) atoms. The van der Waals surface area contributed by atoms with Gasteiger partial charge in [0.05, 0.1) is 11.4 Å². The molecule has 0 atom stereocenters. The van der Waals surface area contributed by atoms with Gasteiger partial charge in [-0.15, -0.1) is 5.10 Å². The van der Waals surface area contributed by atoms with Crippen LogP contribution >= 0.6 is 0 Å². The molecule has 1 aromatic carbocycles. The van der Waals surface area contributed by atoms with E-state index in [4.69, 9.17) is 0 Å². The molecule has 3 aromatic rings. The van der Waals surface area contributed by atoms with Crippen molar-refractivity contribution in [3.63, 3.8) is 0 Å². The van der Waals surface area contributed by atoms with Gasteiger partial charge in [-0.3, -0.25) is 0 Å². The number of hydrogen-bond donors (Lipinski definition) is 0. The molecule has 2 aromatic heterocycles. The summed E-state index contributed by atoms with van der Waals surface area (Å²) in [7, 11) is 4.01. The minimum absolute atomic E-state index is 0.770. The summed E-state index contributed by atoms with van der Waals surface area (Å²) in [6, 6.07) is 11.8. The topological polar surface area (TPSA) is 46.8 Å². The molecular weight excluding hydrogens is 226 g/mol. The van der Waals surface area contributed by atoms with Gasteiger partial charge in [-0.05, 0) is 24.3 Å². The number of benzene rings is 1. The van der Waals surface area contributed by atoms with Crippen LogP contribution < -0.4 is 4.90 Å². The maximum atomic E-state index is 4.34. The number of pyridine rings is 1. The normalized spacial score (nSPS) is 10.8. The zero-order valence-electron chi connectivity index (χ0n) is 10.3. The van der Waals surface area contributed by atoms with E-state index in [2.05, 4.69) is 15.3 Å². The molecule has 0 aliphatic rings. The van der Waals surface area contributed by atoms with Crippen molar-refractivity contribution in [1.82, 2.24) is 20.0 Å². The molecule has 5 heteroatoms. The number of nitrogens with zero attached hydrogens (tertiary/aromatic N) is 5. The Kier molecular flexibility index (Phi) is 2.44. The molecule has 0 unspecified atom stereocenters. The van der Waals surface area contributed by atoms with E-state index in [0.717, 1.165) is 22.5 Å². The molecule has 0 amide bonds. The summed E-state index contributed by atoms with van der Waals surface area (Å²) in [6.07, 6.45) is 1.75. The van der Waals surface area contributed by atoms with Crippen LogP contribution in [0.5, 0.6) is 0 Å². The number of aromatic nitrogens is 4. The summed E-state index contributed by atoms with van der Waals surface area (Å²) < 4.78 is 1.77. The second-order valence-corrected chi connectivity index (χ2v) is 4.23. The maximum Gasteiger partial charge on any atom is 0.183 e. The van der Waals surface area contributed by atoms with E-state index in [-0.39, 0.29) is 0 Å². The predicted octanol–water partition coefficient (Wildman–Crippen LogP) is 1.88. The molecule has 0 bridgehead atoms. The zero-order valence-corrected chi connectivity index (χ0v) is 10.3. The first-order chi connectivity index (χ1) is 8.77. The summed E-state index contributed by atoms with van der Waals surface area (Å²) in [5.74, 6) is 0. The summed E-state index contributed by atoms with van der Waals surface area (Å²) in [5.41, 5.74) is 3.62. The van der Waals surface area contributed by atoms with E-state index in [1.807, 2.05) is 55.4 Å². The highest BCUT2D eigenvalue weighted by Gasteiger charge is 2.11. The number of anilines is 1. The molecule has 0 radical (unpaired) electrons. The molecule has 0 saturated heterocycles. The van der Waals surface area contributed by atoms with Crippen LogP contribution in [-0.4, -0.2) is 34.1 Å². The van der Waals surface area contributed by atoms with Gasteiger partial charge in [0, 0.05) is 20.3 Å². The lowest BCUT2D eigenvalue weighted by atomic mass is 10.2. The van der Waals surface area contributed by atoms with Gasteiger partial charge in [-0.25, -0.2) is 4.98 Å². The van der Waals surface area contributed by atoms with Gasteiger partial charge in [0.2, 0.25) is 0 Å². The van der Waals surface area contributed by atoms with Crippen LogP contribution in [0.3, 0.4) is 0 Å². The lowest BCUT2D eigenvalue weighted by Crippen LogP contribution is -2.12. The van der Waals surface area contributed by atoms with E-state index < -0.39 is 0 Å². The van der Waals surface area contributed by atoms with Gasteiger partial charge in [0.1, 0.15) is 5.52 Å². The standard InChI is InChI=1S/C13H13N5/c1-17(2)11-7-3-4-8-12(11)18-13-10(15-16-18)6-5-9-14-13/h3-9H,1-2H3. The Morgan fingerprint density at radius 1 is 1.06 bits per heavy atom. The number of para-hydroxylation sites is 2. The highest BCUT2D eigenvalue weighted by molar-refractivity contribution is 5.74. The van der Waals surface area contributed by atoms with Gasteiger partial charge >= 0.3 is 0 Å². The summed E-state index contributed by atoms with van der Waals surface area (Å²) in [6.45, 7) is 0. The fourth-order valence-electron chi connectivity index (χ4n) is 1.95. The second-order valence-electron chi connectivity index (χ2n) is 4.23. The van der Waals surface area contributed by atoms with Crippen molar-refractivity contribution >= 4 is 16.9 Å². The molecule has 0 fully saturated rings. The Morgan fingerprint density at radius 3 is 2.72 bits per heavy atom. The summed E-state index contributed by atoms with van der Waals surface area (Å²) in [5, 5.41) is 8.31. The highest BCUT2D eigenvalue weighted by atomic mass is 15.4. The average Bonchev–Trinajstić information content (AvgIpc) is 2.82. The van der Waals surface area contributed by atoms with Crippen LogP contribution in [0.2, 0.25) is 0 Å². The third-order valence-corrected chi connectivity index (χ3v) is 2.80. The first-order valence-corrected chi connectivity index (χ1v) is 5.70. The van der Waals surface area contributed by atoms with Gasteiger partial charge in [0.15, 0.2) is 5.65 Å². The molecular formula is C13H13N5. The Balaban J connectivity index is 2.27. The molecule has 3 rings (SSSR count). The zero-order chi connectivity index (χ0) is 12.5. The number of hydrogen-bond acceptors (Lipinski definition) is 4. The molecule has 0 saturated carbocycles. The van der Waals surface area contributed by atoms with E-state index in [1.54, 1.807) is 10.9 Å². The molecule has 0 N–H and O–H groups in total. The van der Waals surface area contributed by atoms with Crippen LogP contribution in [0.1, 0.15) is 0 Å². The van der Waals surface area contributed by atoms with Gasteiger partial charge in [0.25, 0.3) is 0 Å². The van der Waals surface area contributed by atoms with Gasteiger partial charge < -0.3 is 4.90 Å². The van der Waals surface area contributed by atoms with Crippen molar-refractivity contribution in [2.45, 2.75) is 0 Å². The molecule has 0 spiro atoms. The van der Waals surface area contributed by atoms with E-state index in [0.29, 0.717) is 0 Å². The minimum atomic E-state index is 0.770. The van der Waals surface area contributed by atoms with E-state index >= 15 is 0 Å². The van der Waals surface area contributed by atoms with Crippen molar-refractivity contribution in [3.05, 3.63) is 42.6 Å². The minimum Gasteiger partial charge on any atom is -0.376 e. The van der Waals surface area contributed by atoms with Gasteiger partial charge in [-0.2, -0.15) is 4.68 Å². The fraction of sp³-hybridized carbons (Fsp3) is 0.154. The summed E-state index contributed by atoms with van der Waals surface area (Å²) in [4.78, 5) is 6.38. The monoisotopic (exact) mass is 239 g/mol. The van der Waals surface area contributed by atoms with Crippen LogP contribution in [0.4, 0.5) is 5.69 Å². The van der Waals surface area contributed by atoms with Crippen LogP contribution in [0, 0.1) is 0 Å². The predicted molar refractivity (Wildman–Crippen MR) is 71.0 cm³/mol. The Hall–Kier alpha value is -2.43. The van der Waals surface area contributed by atoms with Crippen LogP contribution in [0.25, 0.3) is 16.9 Å². The van der Waals surface area contributed by atoms with E-state index in [9.17, 15) is 0 Å². The number of rotatable bonds is 2. The maximum absolute atomic E-state index is 4.34. The Bertz CT molecular complexity index is 686. The van der Waals surface area contributed by atoms with Crippen LogP contribution in [0.15, 0.2) is 42.6 Å². The average molecular weight is 239 g/mol. The van der Waals surface area contributed by atoms with Crippen molar-refractivity contribution in [2.75, 3.05) is 19.0 Å². The quantitative estimate of drug-likeness (QED) is 0.685. The highest BCUT2D eigenvalue weighted by Crippen LogP contribution is 2.23. The summed E-state index contributed by atoms with van der Waals surface area (Å²) >= 11 is 0. The third kappa shape index (κ3) is 1.60. The lowest BCUT2D eigenvalue weighted by molar-refractivity contribution is 0.814. The molecule has 2 heterocycles. The lowest BCUT2D eigenvalue weighted by Gasteiger charge is -2.16. The van der Waals surface area contributed by atoms with Crippen molar-refractivity contribution in [1.29, 1.82) is 0 Å². The largest absolute Gasteiger partial charge is 0.376 e. The Labute approximate surface area is 105 Å². The molecule has 0 aliphatic heterocycles. The third-order valence-electron chi connectivity index (χ3n) is 2.80. The molecule has 5 nitrogen and oxygen atoms in total. The smallest absolute Gasteiger partial charge is 0.183 e. The first-order valence-electron chi connectivity index (χ1n) is 5.70.